The average Bonchev–Trinajstić information content (AvgIpc) is 4.10. The maximum atomic E-state index is 13.2. The number of amides is 4. The first-order valence-electron chi connectivity index (χ1n) is 26.9. The van der Waals surface area contributed by atoms with Gasteiger partial charge in [-0.1, -0.05) is 142 Å². The number of carbonyl (C=O) groups excluding carboxylic acids is 4. The number of ether oxygens (including phenoxy) is 2. The van der Waals surface area contributed by atoms with Crippen molar-refractivity contribution < 1.29 is 58.1 Å². The van der Waals surface area contributed by atoms with Gasteiger partial charge in [0.25, 0.3) is 11.8 Å². The number of nitrogens with zero attached hydrogens (tertiary/aromatic N) is 4. The third kappa shape index (κ3) is 18.2. The molecule has 6 N–H and O–H groups in total. The Bertz CT molecular complexity index is 2470. The SMILES string of the molecule is CC(C)(C)/C=C(\C#N)C(=O)N1CC[C@H](OC(=O)N[C@@H](Cc2ccccc2)B(O)O)C1.CC(C)(C)/C=C(\C#N)C(=O)N1CC[C@H](OC(=O)N[C@@H](Cc2ccccc2)B2O[C@H]3[C@H]4C[C@@H](C[C@@]3(C)O2)C4(C)C)C1.CC(C)CB(O)O. The first-order chi connectivity index (χ1) is 36.0. The number of hydrogen-bond donors (Lipinski definition) is 6. The van der Waals surface area contributed by atoms with E-state index in [4.69, 9.17) is 28.8 Å². The van der Waals surface area contributed by atoms with Crippen LogP contribution < -0.4 is 10.6 Å². The topological polar surface area (TPSA) is 264 Å². The van der Waals surface area contributed by atoms with Gasteiger partial charge in [-0.25, -0.2) is 9.59 Å². The van der Waals surface area contributed by atoms with Crippen molar-refractivity contribution in [3.05, 3.63) is 95.1 Å². The monoisotopic (exact) mass is 1060 g/mol. The smallest absolute Gasteiger partial charge is 0.444 e. The van der Waals surface area contributed by atoms with E-state index < -0.39 is 57.6 Å². The largest absolute Gasteiger partial charge is 0.482 e. The molecular formula is C56H81B3N6O12. The molecule has 0 radical (unpaired) electrons. The third-order valence-corrected chi connectivity index (χ3v) is 14.7. The lowest BCUT2D eigenvalue weighted by Gasteiger charge is -2.63. The lowest BCUT2D eigenvalue weighted by molar-refractivity contribution is -0.185. The van der Waals surface area contributed by atoms with Crippen LogP contribution in [-0.2, 0) is 41.2 Å². The summed E-state index contributed by atoms with van der Waals surface area (Å²) in [6.45, 7) is 23.5. The summed E-state index contributed by atoms with van der Waals surface area (Å²) in [5.41, 5.74) is 1.36. The Morgan fingerprint density at radius 1 is 0.779 bits per heavy atom. The van der Waals surface area contributed by atoms with Gasteiger partial charge in [-0.2, -0.15) is 10.5 Å². The second kappa shape index (κ2) is 26.8. The minimum Gasteiger partial charge on any atom is -0.444 e. The zero-order valence-corrected chi connectivity index (χ0v) is 46.9. The summed E-state index contributed by atoms with van der Waals surface area (Å²) in [5.74, 6) is -0.629. The average molecular weight is 1060 g/mol. The van der Waals surface area contributed by atoms with Crippen LogP contribution in [0.1, 0.15) is 113 Å². The minimum absolute atomic E-state index is 0.00141. The Labute approximate surface area is 457 Å². The number of hydrogen-bond acceptors (Lipinski definition) is 14. The van der Waals surface area contributed by atoms with Gasteiger partial charge in [-0.05, 0) is 84.1 Å². The predicted octanol–water partition coefficient (Wildman–Crippen LogP) is 6.24. The van der Waals surface area contributed by atoms with Crippen molar-refractivity contribution in [1.29, 1.82) is 10.5 Å². The molecule has 3 saturated carbocycles. The van der Waals surface area contributed by atoms with Crippen molar-refractivity contribution in [1.82, 2.24) is 20.4 Å². The summed E-state index contributed by atoms with van der Waals surface area (Å²) in [4.78, 5) is 54.0. The lowest BCUT2D eigenvalue weighted by atomic mass is 9.45. The van der Waals surface area contributed by atoms with Crippen LogP contribution in [-0.4, -0.2) is 137 Å². The molecule has 0 aromatic heterocycles. The van der Waals surface area contributed by atoms with E-state index in [1.807, 2.05) is 128 Å². The van der Waals surface area contributed by atoms with Crippen molar-refractivity contribution in [2.45, 2.75) is 157 Å². The highest BCUT2D eigenvalue weighted by atomic mass is 16.7. The first kappa shape index (κ1) is 62.2. The van der Waals surface area contributed by atoms with Gasteiger partial charge >= 0.3 is 33.5 Å². The van der Waals surface area contributed by atoms with Crippen LogP contribution in [0, 0.1) is 56.7 Å². The highest BCUT2D eigenvalue weighted by Gasteiger charge is 2.67. The molecular weight excluding hydrogens is 981 g/mol. The van der Waals surface area contributed by atoms with E-state index in [-0.39, 0.29) is 70.4 Å². The second-order valence-electron chi connectivity index (χ2n) is 24.5. The van der Waals surface area contributed by atoms with E-state index in [0.29, 0.717) is 56.4 Å². The van der Waals surface area contributed by atoms with Crippen molar-refractivity contribution in [3.8, 4) is 12.1 Å². The number of likely N-dealkylation sites (tertiary alicyclic amines) is 2. The van der Waals surface area contributed by atoms with Gasteiger partial charge in [0.1, 0.15) is 35.5 Å². The standard InChI is InChI=1S/C31H42BN3O5.C21H28BN3O5.C4H11BO2/c1-29(2,3)16-21(18-33)27(36)35-13-12-23(19-35)38-28(37)34-25(14-20-10-8-7-9-11-20)32-39-26-24-15-22(30(24,4)5)17-31(26,6)40-32;1-21(2,3)12-16(13-23)19(26)25-10-9-17(14-25)30-20(27)24-18(22(28)29)11-15-7-5-4-6-8-15;1-4(2)3-5(6)7/h7-11,16,22-26H,12-15,17,19H2,1-6H3,(H,34,37);4-8,12,17-18,28-29H,9-11,14H2,1-3H3,(H,24,27);4,6-7H,3H2,1-2H3/b21-16+;16-12+;/t22-,23-,24+,25-,26-,31+;17-,18-;/m00./s1. The quantitative estimate of drug-likeness (QED) is 0.0696. The van der Waals surface area contributed by atoms with Crippen LogP contribution in [0.5, 0.6) is 0 Å². The molecule has 77 heavy (non-hydrogen) atoms. The number of carbonyl (C=O) groups is 4. The fourth-order valence-electron chi connectivity index (χ4n) is 10.7. The van der Waals surface area contributed by atoms with Crippen molar-refractivity contribution in [3.63, 3.8) is 0 Å². The molecule has 2 bridgehead atoms. The number of nitrogens with one attached hydrogen (secondary N) is 2. The van der Waals surface area contributed by atoms with Gasteiger partial charge in [0.15, 0.2) is 0 Å². The Hall–Kier alpha value is -5.67. The fourth-order valence-corrected chi connectivity index (χ4v) is 10.7. The highest BCUT2D eigenvalue weighted by molar-refractivity contribution is 6.48. The van der Waals surface area contributed by atoms with Gasteiger partial charge in [0, 0.05) is 25.9 Å². The maximum absolute atomic E-state index is 13.2. The number of nitriles is 2. The third-order valence-electron chi connectivity index (χ3n) is 14.7. The van der Waals surface area contributed by atoms with Crippen LogP contribution in [0.25, 0.3) is 0 Å². The Morgan fingerprint density at radius 2 is 1.25 bits per heavy atom. The minimum atomic E-state index is -1.75. The number of allylic oxidation sites excluding steroid dienone is 2. The molecule has 2 aromatic rings. The number of alkyl carbamates (subject to hydrolysis) is 2. The molecule has 3 saturated heterocycles. The Balaban J connectivity index is 0.000000261. The lowest BCUT2D eigenvalue weighted by Crippen LogP contribution is -2.63. The van der Waals surface area contributed by atoms with Crippen LogP contribution in [0.15, 0.2) is 84.0 Å². The van der Waals surface area contributed by atoms with E-state index in [1.54, 1.807) is 17.1 Å². The fraction of sp³-hybridized carbons (Fsp3) is 0.607. The molecule has 4 amide bonds. The zero-order valence-electron chi connectivity index (χ0n) is 46.9. The molecule has 3 heterocycles. The summed E-state index contributed by atoms with van der Waals surface area (Å²) in [6.07, 6.45) is 5.33. The van der Waals surface area contributed by atoms with Crippen LogP contribution in [0.2, 0.25) is 6.32 Å². The highest BCUT2D eigenvalue weighted by Crippen LogP contribution is 2.64. The Kier molecular flexibility index (Phi) is 21.6. The number of rotatable bonds is 14. The first-order valence-corrected chi connectivity index (χ1v) is 26.9. The van der Waals surface area contributed by atoms with Crippen molar-refractivity contribution in [2.24, 2.45) is 34.0 Å². The van der Waals surface area contributed by atoms with E-state index in [1.165, 1.54) is 4.90 Å². The summed E-state index contributed by atoms with van der Waals surface area (Å²) in [5, 5.41) is 60.0. The summed E-state index contributed by atoms with van der Waals surface area (Å²) in [7, 11) is -3.46. The molecule has 6 aliphatic rings. The molecule has 21 heteroatoms. The van der Waals surface area contributed by atoms with Crippen LogP contribution in [0.3, 0.4) is 0 Å². The molecule has 6 fully saturated rings. The van der Waals surface area contributed by atoms with Crippen molar-refractivity contribution >= 4 is 45.4 Å². The second-order valence-corrected chi connectivity index (χ2v) is 24.5. The molecule has 3 aliphatic heterocycles. The van der Waals surface area contributed by atoms with Crippen LogP contribution >= 0.6 is 0 Å². The zero-order chi connectivity index (χ0) is 57.0. The molecule has 3 aliphatic carbocycles. The summed E-state index contributed by atoms with van der Waals surface area (Å²) < 4.78 is 24.3. The van der Waals surface area contributed by atoms with Gasteiger partial charge in [-0.15, -0.1) is 0 Å². The van der Waals surface area contributed by atoms with Crippen molar-refractivity contribution in [2.75, 3.05) is 26.2 Å². The molecule has 416 valence electrons. The van der Waals surface area contributed by atoms with Gasteiger partial charge in [-0.3, -0.25) is 9.59 Å². The van der Waals surface area contributed by atoms with E-state index in [2.05, 4.69) is 31.4 Å². The van der Waals surface area contributed by atoms with E-state index in [9.17, 15) is 39.7 Å². The summed E-state index contributed by atoms with van der Waals surface area (Å²) in [6, 6.07) is 23.1. The predicted molar refractivity (Wildman–Crippen MR) is 294 cm³/mol. The van der Waals surface area contributed by atoms with Gasteiger partial charge in [0.05, 0.1) is 36.7 Å². The molecule has 2 aromatic carbocycles. The molecule has 8 atom stereocenters. The summed E-state index contributed by atoms with van der Waals surface area (Å²) >= 11 is 0. The van der Waals surface area contributed by atoms with E-state index >= 15 is 0 Å². The van der Waals surface area contributed by atoms with E-state index in [0.717, 1.165) is 24.0 Å². The van der Waals surface area contributed by atoms with Crippen LogP contribution in [0.4, 0.5) is 9.59 Å². The number of benzene rings is 2. The molecule has 8 rings (SSSR count). The molecule has 18 nitrogen and oxygen atoms in total. The Morgan fingerprint density at radius 3 is 1.65 bits per heavy atom. The maximum Gasteiger partial charge on any atom is 0.482 e. The normalized spacial score (nSPS) is 24.2. The van der Waals surface area contributed by atoms with Gasteiger partial charge < -0.3 is 59.3 Å². The molecule has 0 spiro atoms. The van der Waals surface area contributed by atoms with Gasteiger partial charge in [0.2, 0.25) is 0 Å². The molecule has 0 unspecified atom stereocenters.